The van der Waals surface area contributed by atoms with E-state index in [1.807, 2.05) is 0 Å². The lowest BCUT2D eigenvalue weighted by Gasteiger charge is -2.61. The molecule has 0 saturated heterocycles. The number of aryl methyl sites for hydroxylation is 2. The highest BCUT2D eigenvalue weighted by Gasteiger charge is 2.62. The molecule has 2 aromatic heterocycles. The number of rotatable bonds is 8. The van der Waals surface area contributed by atoms with E-state index in [9.17, 15) is 0 Å². The smallest absolute Gasteiger partial charge is 0.164 e. The number of benzene rings is 12. The van der Waals surface area contributed by atoms with Crippen molar-refractivity contribution >= 4 is 43.1 Å². The predicted octanol–water partition coefficient (Wildman–Crippen LogP) is 20.3. The second-order valence-corrected chi connectivity index (χ2v) is 25.7. The molecule has 0 unspecified atom stereocenters. The Balaban J connectivity index is 0.778. The average molecular weight is 1130 g/mol. The molecule has 0 amide bonds. The first-order chi connectivity index (χ1) is 43.3. The van der Waals surface area contributed by atoms with Gasteiger partial charge in [-0.15, -0.1) is 0 Å². The first kappa shape index (κ1) is 51.0. The van der Waals surface area contributed by atoms with Crippen molar-refractivity contribution in [3.8, 4) is 102 Å². The van der Waals surface area contributed by atoms with Gasteiger partial charge in [0.2, 0.25) is 0 Å². The van der Waals surface area contributed by atoms with E-state index in [2.05, 4.69) is 257 Å². The quantitative estimate of drug-likeness (QED) is 0.151. The Morgan fingerprint density at radius 1 is 0.261 bits per heavy atom. The van der Waals surface area contributed by atoms with Crippen molar-refractivity contribution in [3.63, 3.8) is 0 Å². The van der Waals surface area contributed by atoms with Crippen LogP contribution in [0.4, 0.5) is 0 Å². The molecule has 6 heteroatoms. The third-order valence-corrected chi connectivity index (χ3v) is 20.3. The molecular weight excluding hydrogens is 1070 g/mol. The largest absolute Gasteiger partial charge is 0.208 e. The highest BCUT2D eigenvalue weighted by molar-refractivity contribution is 5.96. The van der Waals surface area contributed by atoms with Crippen LogP contribution in [-0.2, 0) is 5.41 Å². The van der Waals surface area contributed by atoms with Crippen molar-refractivity contribution in [1.29, 1.82) is 0 Å². The zero-order valence-electron chi connectivity index (χ0n) is 49.1. The van der Waals surface area contributed by atoms with E-state index in [4.69, 9.17) is 29.9 Å². The van der Waals surface area contributed by atoms with Crippen molar-refractivity contribution in [2.45, 2.75) is 51.4 Å². The fraction of sp³-hybridized carbons (Fsp3) is 0.146. The summed E-state index contributed by atoms with van der Waals surface area (Å²) in [5.74, 6) is 6.71. The third kappa shape index (κ3) is 8.37. The van der Waals surface area contributed by atoms with Gasteiger partial charge in [0.1, 0.15) is 0 Å². The van der Waals surface area contributed by atoms with Crippen LogP contribution in [0.5, 0.6) is 0 Å². The van der Waals surface area contributed by atoms with Crippen molar-refractivity contribution in [2.75, 3.05) is 0 Å². The number of fused-ring (bicyclic) bond motifs is 7. The monoisotopic (exact) mass is 1130 g/mol. The van der Waals surface area contributed by atoms with Gasteiger partial charge in [0.15, 0.2) is 34.9 Å². The molecule has 12 aromatic carbocycles. The van der Waals surface area contributed by atoms with Gasteiger partial charge < -0.3 is 0 Å². The molecule has 0 radical (unpaired) electrons. The topological polar surface area (TPSA) is 77.3 Å². The average Bonchev–Trinajstić information content (AvgIpc) is 1.49. The van der Waals surface area contributed by atoms with Crippen LogP contribution in [-0.4, -0.2) is 29.9 Å². The molecular formula is C82H60N6. The van der Waals surface area contributed by atoms with Crippen LogP contribution in [0.2, 0.25) is 0 Å². The van der Waals surface area contributed by atoms with E-state index in [0.717, 1.165) is 77.9 Å². The highest BCUT2D eigenvalue weighted by Crippen LogP contribution is 2.70. The van der Waals surface area contributed by atoms with E-state index in [-0.39, 0.29) is 5.41 Å². The second kappa shape index (κ2) is 19.9. The lowest BCUT2D eigenvalue weighted by Crippen LogP contribution is -2.55. The Morgan fingerprint density at radius 2 is 0.625 bits per heavy atom. The maximum absolute atomic E-state index is 5.36. The molecule has 418 valence electrons. The van der Waals surface area contributed by atoms with Gasteiger partial charge >= 0.3 is 0 Å². The molecule has 4 fully saturated rings. The molecule has 5 aliphatic rings. The summed E-state index contributed by atoms with van der Waals surface area (Å²) in [6, 6.07) is 88.6. The lowest BCUT2D eigenvalue weighted by atomic mass is 9.43. The summed E-state index contributed by atoms with van der Waals surface area (Å²) in [7, 11) is 0. The molecule has 14 aromatic rings. The maximum atomic E-state index is 5.36. The van der Waals surface area contributed by atoms with Crippen molar-refractivity contribution in [2.24, 2.45) is 23.7 Å². The summed E-state index contributed by atoms with van der Waals surface area (Å²) in [4.78, 5) is 31.9. The molecule has 1 spiro atoms. The van der Waals surface area contributed by atoms with Crippen molar-refractivity contribution < 1.29 is 0 Å². The minimum absolute atomic E-state index is 0.0845. The van der Waals surface area contributed by atoms with E-state index in [1.54, 1.807) is 0 Å². The summed E-state index contributed by atoms with van der Waals surface area (Å²) in [6.07, 6.45) is 6.56. The molecule has 0 atom stereocenters. The Morgan fingerprint density at radius 3 is 1.06 bits per heavy atom. The SMILES string of the molecule is Cc1cc(-c2ccc3c(c2)C2(c4cccc(-c5cc(C)cc(-c6nc(-c7ccc8ccccc8c7)nc(-c7ccc8ccccc8c7)n6)c5)c4-3)C3CC4CC(C3)CC2C4)cc(-c2nc(-c3ccc4ccccc4c3)nc(-c3ccc4ccccc4c3)n2)c1. The van der Waals surface area contributed by atoms with E-state index in [1.165, 1.54) is 98.2 Å². The zero-order valence-corrected chi connectivity index (χ0v) is 49.1. The van der Waals surface area contributed by atoms with Gasteiger partial charge in [0.25, 0.3) is 0 Å². The van der Waals surface area contributed by atoms with Crippen LogP contribution in [0.15, 0.2) is 243 Å². The van der Waals surface area contributed by atoms with E-state index < -0.39 is 0 Å². The van der Waals surface area contributed by atoms with E-state index >= 15 is 0 Å². The molecule has 88 heavy (non-hydrogen) atoms. The van der Waals surface area contributed by atoms with Crippen LogP contribution in [0.3, 0.4) is 0 Å². The summed E-state index contributed by atoms with van der Waals surface area (Å²) >= 11 is 0. The fourth-order valence-electron chi connectivity index (χ4n) is 16.7. The van der Waals surface area contributed by atoms with Crippen LogP contribution in [0.1, 0.15) is 54.4 Å². The Hall–Kier alpha value is -10.3. The summed E-state index contributed by atoms with van der Waals surface area (Å²) < 4.78 is 0. The number of nitrogens with zero attached hydrogens (tertiary/aromatic N) is 6. The molecule has 0 N–H and O–H groups in total. The van der Waals surface area contributed by atoms with Gasteiger partial charge in [-0.3, -0.25) is 0 Å². The maximum Gasteiger partial charge on any atom is 0.164 e. The van der Waals surface area contributed by atoms with Gasteiger partial charge in [-0.1, -0.05) is 188 Å². The standard InChI is InChI=1S/C82H60N6/c1-48-32-65(45-67(34-48)80-85-76(61-26-22-52-12-3-7-16-56(52)41-61)83-77(86-80)62-27-23-53-13-4-8-17-57(53)42-62)60-30-31-72-74(47-60)82(69-37-50-36-51(39-69)40-70(82)38-50)73-21-11-20-71(75(72)73)66-33-49(2)35-68(46-66)81-87-78(63-28-24-54-14-5-9-18-58(54)43-63)84-79(88-81)64-29-25-55-15-6-10-19-59(55)44-64/h3-35,41-47,50-51,69-70H,36-40H2,1-2H3. The minimum atomic E-state index is -0.0845. The number of aromatic nitrogens is 6. The predicted molar refractivity (Wildman–Crippen MR) is 359 cm³/mol. The Labute approximate surface area is 511 Å². The summed E-state index contributed by atoms with van der Waals surface area (Å²) in [5, 5.41) is 9.33. The van der Waals surface area contributed by atoms with Crippen LogP contribution in [0.25, 0.3) is 145 Å². The molecule has 19 rings (SSSR count). The van der Waals surface area contributed by atoms with Gasteiger partial charge in [-0.25, -0.2) is 29.9 Å². The minimum Gasteiger partial charge on any atom is -0.208 e. The van der Waals surface area contributed by atoms with E-state index in [0.29, 0.717) is 46.8 Å². The summed E-state index contributed by atoms with van der Waals surface area (Å²) in [6.45, 7) is 4.42. The normalized spacial score (nSPS) is 18.8. The summed E-state index contributed by atoms with van der Waals surface area (Å²) in [5.41, 5.74) is 18.6. The van der Waals surface area contributed by atoms with Crippen molar-refractivity contribution in [3.05, 3.63) is 265 Å². The Bertz CT molecular complexity index is 5010. The fourth-order valence-corrected chi connectivity index (χ4v) is 16.7. The zero-order chi connectivity index (χ0) is 58.2. The lowest BCUT2D eigenvalue weighted by molar-refractivity contribution is -0.0399. The molecule has 2 heterocycles. The van der Waals surface area contributed by atoms with Crippen LogP contribution >= 0.6 is 0 Å². The highest BCUT2D eigenvalue weighted by atomic mass is 15.0. The first-order valence-electron chi connectivity index (χ1n) is 31.3. The van der Waals surface area contributed by atoms with Gasteiger partial charge in [0, 0.05) is 38.8 Å². The van der Waals surface area contributed by atoms with Gasteiger partial charge in [0.05, 0.1) is 0 Å². The second-order valence-electron chi connectivity index (χ2n) is 25.7. The molecule has 4 saturated carbocycles. The van der Waals surface area contributed by atoms with Crippen LogP contribution < -0.4 is 0 Å². The van der Waals surface area contributed by atoms with Crippen molar-refractivity contribution in [1.82, 2.24) is 29.9 Å². The Kier molecular flexibility index (Phi) is 11.5. The molecule has 0 aliphatic heterocycles. The van der Waals surface area contributed by atoms with Crippen LogP contribution in [0, 0.1) is 37.5 Å². The third-order valence-electron chi connectivity index (χ3n) is 20.3. The first-order valence-corrected chi connectivity index (χ1v) is 31.3. The molecule has 4 bridgehead atoms. The molecule has 6 nitrogen and oxygen atoms in total. The van der Waals surface area contributed by atoms with Gasteiger partial charge in [-0.05, 0) is 223 Å². The van der Waals surface area contributed by atoms with Gasteiger partial charge in [-0.2, -0.15) is 0 Å². The number of hydrogen-bond donors (Lipinski definition) is 0. The number of hydrogen-bond acceptors (Lipinski definition) is 6. The molecule has 5 aliphatic carbocycles.